The Bertz CT molecular complexity index is 669. The fourth-order valence-corrected chi connectivity index (χ4v) is 3.64. The zero-order valence-electron chi connectivity index (χ0n) is 15.3. The zero-order valence-corrected chi connectivity index (χ0v) is 15.3. The molecule has 2 aliphatic rings. The summed E-state index contributed by atoms with van der Waals surface area (Å²) in [7, 11) is 0. The van der Waals surface area contributed by atoms with E-state index in [0.29, 0.717) is 45.4 Å². The van der Waals surface area contributed by atoms with Crippen molar-refractivity contribution in [3.63, 3.8) is 0 Å². The Morgan fingerprint density at radius 3 is 2.65 bits per heavy atom. The van der Waals surface area contributed by atoms with Gasteiger partial charge < -0.3 is 19.5 Å². The molecule has 0 aromatic carbocycles. The molecule has 3 rings (SSSR count). The van der Waals surface area contributed by atoms with Gasteiger partial charge in [-0.15, -0.1) is 0 Å². The molecule has 0 unspecified atom stereocenters. The van der Waals surface area contributed by atoms with Crippen molar-refractivity contribution in [3.8, 4) is 0 Å². The number of likely N-dealkylation sites (tertiary alicyclic amines) is 2. The lowest BCUT2D eigenvalue weighted by molar-refractivity contribution is -0.138. The quantitative estimate of drug-likeness (QED) is 0.797. The molecule has 3 heterocycles. The number of nitrogens with zero attached hydrogens (tertiary/aromatic N) is 2. The zero-order chi connectivity index (χ0) is 18.5. The van der Waals surface area contributed by atoms with Crippen LogP contribution >= 0.6 is 0 Å². The average Bonchev–Trinajstić information content (AvgIpc) is 3.22. The van der Waals surface area contributed by atoms with Crippen molar-refractivity contribution in [1.82, 2.24) is 15.1 Å². The van der Waals surface area contributed by atoms with Gasteiger partial charge in [0.25, 0.3) is 0 Å². The molecule has 7 nitrogen and oxygen atoms in total. The van der Waals surface area contributed by atoms with E-state index in [1.165, 1.54) is 0 Å². The molecule has 1 atom stereocenters. The summed E-state index contributed by atoms with van der Waals surface area (Å²) in [5.74, 6) is 1.64. The Balaban J connectivity index is 1.43. The molecule has 2 aliphatic heterocycles. The lowest BCUT2D eigenvalue weighted by Gasteiger charge is -2.32. The van der Waals surface area contributed by atoms with Crippen molar-refractivity contribution >= 4 is 17.7 Å². The molecule has 0 radical (unpaired) electrons. The van der Waals surface area contributed by atoms with Crippen molar-refractivity contribution in [2.45, 2.75) is 45.6 Å². The highest BCUT2D eigenvalue weighted by atomic mass is 16.3. The fraction of sp³-hybridized carbons (Fsp3) is 0.632. The molecule has 0 aliphatic carbocycles. The number of nitrogens with one attached hydrogen (secondary N) is 1. The topological polar surface area (TPSA) is 82.9 Å². The molecule has 1 N–H and O–H groups in total. The Labute approximate surface area is 153 Å². The van der Waals surface area contributed by atoms with Gasteiger partial charge in [-0.2, -0.15) is 0 Å². The predicted molar refractivity (Wildman–Crippen MR) is 95.0 cm³/mol. The lowest BCUT2D eigenvalue weighted by atomic mass is 9.96. The third-order valence-corrected chi connectivity index (χ3v) is 5.13. The van der Waals surface area contributed by atoms with Crippen molar-refractivity contribution in [2.75, 3.05) is 26.2 Å². The van der Waals surface area contributed by atoms with Crippen LogP contribution in [0.2, 0.25) is 0 Å². The van der Waals surface area contributed by atoms with Crippen LogP contribution in [0, 0.1) is 12.8 Å². The first kappa shape index (κ1) is 18.5. The summed E-state index contributed by atoms with van der Waals surface area (Å²) in [5, 5.41) is 2.90. The summed E-state index contributed by atoms with van der Waals surface area (Å²) in [5.41, 5.74) is 0. The van der Waals surface area contributed by atoms with Gasteiger partial charge in [-0.05, 0) is 38.3 Å². The molecule has 2 saturated heterocycles. The Kier molecular flexibility index (Phi) is 5.96. The second-order valence-corrected chi connectivity index (χ2v) is 7.14. The van der Waals surface area contributed by atoms with Crippen molar-refractivity contribution in [3.05, 3.63) is 23.7 Å². The largest absolute Gasteiger partial charge is 0.465 e. The van der Waals surface area contributed by atoms with Crippen molar-refractivity contribution in [1.29, 1.82) is 0 Å². The first-order valence-electron chi connectivity index (χ1n) is 9.41. The monoisotopic (exact) mass is 361 g/mol. The minimum atomic E-state index is -0.183. The molecule has 1 aromatic heterocycles. The predicted octanol–water partition coefficient (Wildman–Crippen LogP) is 1.46. The lowest BCUT2D eigenvalue weighted by Crippen LogP contribution is -2.46. The van der Waals surface area contributed by atoms with E-state index in [4.69, 9.17) is 4.42 Å². The van der Waals surface area contributed by atoms with Crippen LogP contribution in [0.5, 0.6) is 0 Å². The van der Waals surface area contributed by atoms with Crippen molar-refractivity contribution < 1.29 is 18.8 Å². The van der Waals surface area contributed by atoms with E-state index in [1.54, 1.807) is 4.90 Å². The minimum Gasteiger partial charge on any atom is -0.465 e. The number of carbonyl (C=O) groups excluding carboxylic acids is 3. The van der Waals surface area contributed by atoms with Crippen LogP contribution in [0.15, 0.2) is 16.5 Å². The molecule has 142 valence electrons. The standard InChI is InChI=1S/C19H27N3O4/c1-14-5-7-16(26-14)12-20-19(25)15-6-8-18(24)22(13-15)11-3-10-21-9-2-4-17(21)23/h5,7,15H,2-4,6,8-13H2,1H3,(H,20,25)/t15-/m0/s1. The van der Waals surface area contributed by atoms with E-state index in [0.717, 1.165) is 30.9 Å². The van der Waals surface area contributed by atoms with Gasteiger partial charge in [-0.3, -0.25) is 14.4 Å². The van der Waals surface area contributed by atoms with E-state index in [-0.39, 0.29) is 23.6 Å². The summed E-state index contributed by atoms with van der Waals surface area (Å²) in [6, 6.07) is 3.72. The van der Waals surface area contributed by atoms with Crippen LogP contribution in [0.3, 0.4) is 0 Å². The van der Waals surface area contributed by atoms with Gasteiger partial charge in [-0.1, -0.05) is 0 Å². The first-order chi connectivity index (χ1) is 12.5. The summed E-state index contributed by atoms with van der Waals surface area (Å²) < 4.78 is 5.46. The van der Waals surface area contributed by atoms with E-state index >= 15 is 0 Å². The highest BCUT2D eigenvalue weighted by molar-refractivity contribution is 5.83. The summed E-state index contributed by atoms with van der Waals surface area (Å²) in [6.07, 6.45) is 3.32. The third kappa shape index (κ3) is 4.65. The summed E-state index contributed by atoms with van der Waals surface area (Å²) >= 11 is 0. The van der Waals surface area contributed by atoms with Gasteiger partial charge in [0.15, 0.2) is 0 Å². The van der Waals surface area contributed by atoms with E-state index in [2.05, 4.69) is 5.32 Å². The number of amides is 3. The van der Waals surface area contributed by atoms with E-state index < -0.39 is 0 Å². The SMILES string of the molecule is Cc1ccc(CNC(=O)[C@H]2CCC(=O)N(CCCN3CCCC3=O)C2)o1. The third-order valence-electron chi connectivity index (χ3n) is 5.13. The highest BCUT2D eigenvalue weighted by Gasteiger charge is 2.30. The van der Waals surface area contributed by atoms with Crippen LogP contribution in [-0.2, 0) is 20.9 Å². The van der Waals surface area contributed by atoms with E-state index in [1.807, 2.05) is 24.0 Å². The molecule has 0 saturated carbocycles. The fourth-order valence-electron chi connectivity index (χ4n) is 3.64. The Hall–Kier alpha value is -2.31. The molecular weight excluding hydrogens is 334 g/mol. The second-order valence-electron chi connectivity index (χ2n) is 7.14. The number of hydrogen-bond donors (Lipinski definition) is 1. The summed E-state index contributed by atoms with van der Waals surface area (Å²) in [6.45, 7) is 4.81. The van der Waals surface area contributed by atoms with Crippen LogP contribution < -0.4 is 5.32 Å². The number of furan rings is 1. The maximum Gasteiger partial charge on any atom is 0.225 e. The molecular formula is C19H27N3O4. The van der Waals surface area contributed by atoms with Gasteiger partial charge in [0, 0.05) is 39.0 Å². The van der Waals surface area contributed by atoms with E-state index in [9.17, 15) is 14.4 Å². The highest BCUT2D eigenvalue weighted by Crippen LogP contribution is 2.19. The van der Waals surface area contributed by atoms with Gasteiger partial charge in [0.2, 0.25) is 17.7 Å². The molecule has 3 amide bonds. The molecule has 7 heteroatoms. The average molecular weight is 361 g/mol. The smallest absolute Gasteiger partial charge is 0.225 e. The van der Waals surface area contributed by atoms with Gasteiger partial charge in [-0.25, -0.2) is 0 Å². The second kappa shape index (κ2) is 8.38. The van der Waals surface area contributed by atoms with Gasteiger partial charge >= 0.3 is 0 Å². The number of piperidine rings is 1. The Morgan fingerprint density at radius 1 is 1.19 bits per heavy atom. The maximum atomic E-state index is 12.4. The molecule has 26 heavy (non-hydrogen) atoms. The number of aryl methyl sites for hydroxylation is 1. The first-order valence-corrected chi connectivity index (χ1v) is 9.41. The normalized spacial score (nSPS) is 20.7. The number of hydrogen-bond acceptors (Lipinski definition) is 4. The number of rotatable bonds is 7. The molecule has 0 spiro atoms. The summed E-state index contributed by atoms with van der Waals surface area (Å²) in [4.78, 5) is 39.8. The van der Waals surface area contributed by atoms with Crippen LogP contribution in [0.1, 0.15) is 43.6 Å². The van der Waals surface area contributed by atoms with Gasteiger partial charge in [0.05, 0.1) is 12.5 Å². The molecule has 1 aromatic rings. The maximum absolute atomic E-state index is 12.4. The van der Waals surface area contributed by atoms with Gasteiger partial charge in [0.1, 0.15) is 11.5 Å². The van der Waals surface area contributed by atoms with Crippen LogP contribution in [0.4, 0.5) is 0 Å². The van der Waals surface area contributed by atoms with Crippen LogP contribution in [-0.4, -0.2) is 53.7 Å². The Morgan fingerprint density at radius 2 is 1.96 bits per heavy atom. The van der Waals surface area contributed by atoms with Crippen LogP contribution in [0.25, 0.3) is 0 Å². The van der Waals surface area contributed by atoms with Crippen molar-refractivity contribution in [2.24, 2.45) is 5.92 Å². The minimum absolute atomic E-state index is 0.0359. The molecule has 2 fully saturated rings. The number of carbonyl (C=O) groups is 3. The molecule has 0 bridgehead atoms.